The van der Waals surface area contributed by atoms with Crippen molar-refractivity contribution in [2.75, 3.05) is 13.2 Å². The summed E-state index contributed by atoms with van der Waals surface area (Å²) >= 11 is 3.33. The maximum atomic E-state index is 8.73. The molecule has 0 aliphatic carbocycles. The van der Waals surface area contributed by atoms with Crippen molar-refractivity contribution in [3.05, 3.63) is 28.2 Å². The standard InChI is InChI=1S/C11H13BrN2O3/c12-7-1-2-10(9(5-7)11(13)14-15)17-8-3-4-16-6-8/h1-2,5,8,15H,3-4,6H2,(H2,13,14). The summed E-state index contributed by atoms with van der Waals surface area (Å²) in [5.74, 6) is 0.624. The second kappa shape index (κ2) is 5.37. The largest absolute Gasteiger partial charge is 0.487 e. The zero-order chi connectivity index (χ0) is 12.3. The molecule has 1 aromatic rings. The predicted molar refractivity (Wildman–Crippen MR) is 66.5 cm³/mol. The van der Waals surface area contributed by atoms with Gasteiger partial charge in [0.15, 0.2) is 5.84 Å². The SMILES string of the molecule is N/C(=N/O)c1cc(Br)ccc1OC1CCOC1. The molecule has 1 saturated heterocycles. The van der Waals surface area contributed by atoms with E-state index >= 15 is 0 Å². The number of amidine groups is 1. The first-order chi connectivity index (χ1) is 8.20. The molecule has 92 valence electrons. The van der Waals surface area contributed by atoms with Gasteiger partial charge in [0.2, 0.25) is 0 Å². The fraction of sp³-hybridized carbons (Fsp3) is 0.364. The van der Waals surface area contributed by atoms with Crippen molar-refractivity contribution in [3.63, 3.8) is 0 Å². The summed E-state index contributed by atoms with van der Waals surface area (Å²) in [6, 6.07) is 5.38. The van der Waals surface area contributed by atoms with Crippen molar-refractivity contribution >= 4 is 21.8 Å². The number of hydrogen-bond acceptors (Lipinski definition) is 4. The number of hydrogen-bond donors (Lipinski definition) is 2. The number of rotatable bonds is 3. The number of halogens is 1. The molecule has 1 aliphatic heterocycles. The van der Waals surface area contributed by atoms with Gasteiger partial charge in [0, 0.05) is 10.9 Å². The number of nitrogens with zero attached hydrogens (tertiary/aromatic N) is 1. The maximum Gasteiger partial charge on any atom is 0.173 e. The molecule has 1 unspecified atom stereocenters. The van der Waals surface area contributed by atoms with E-state index in [1.54, 1.807) is 12.1 Å². The Labute approximate surface area is 107 Å². The Morgan fingerprint density at radius 2 is 2.41 bits per heavy atom. The summed E-state index contributed by atoms with van der Waals surface area (Å²) in [7, 11) is 0. The van der Waals surface area contributed by atoms with E-state index in [1.165, 1.54) is 0 Å². The van der Waals surface area contributed by atoms with Crippen LogP contribution in [0.1, 0.15) is 12.0 Å². The summed E-state index contributed by atoms with van der Waals surface area (Å²) in [6.07, 6.45) is 0.882. The smallest absolute Gasteiger partial charge is 0.173 e. The lowest BCUT2D eigenvalue weighted by Gasteiger charge is -2.15. The molecule has 3 N–H and O–H groups in total. The lowest BCUT2D eigenvalue weighted by atomic mass is 10.2. The number of nitrogens with two attached hydrogens (primary N) is 1. The Morgan fingerprint density at radius 1 is 1.59 bits per heavy atom. The Balaban J connectivity index is 2.25. The third kappa shape index (κ3) is 2.89. The summed E-state index contributed by atoms with van der Waals surface area (Å²) in [5.41, 5.74) is 6.17. The van der Waals surface area contributed by atoms with E-state index in [1.807, 2.05) is 6.07 Å². The fourth-order valence-corrected chi connectivity index (χ4v) is 2.01. The van der Waals surface area contributed by atoms with Gasteiger partial charge in [-0.1, -0.05) is 21.1 Å². The highest BCUT2D eigenvalue weighted by Gasteiger charge is 2.19. The van der Waals surface area contributed by atoms with Crippen LogP contribution in [0.25, 0.3) is 0 Å². The van der Waals surface area contributed by atoms with E-state index in [-0.39, 0.29) is 11.9 Å². The molecule has 0 aromatic heterocycles. The monoisotopic (exact) mass is 300 g/mol. The normalized spacial score (nSPS) is 20.5. The third-order valence-electron chi connectivity index (χ3n) is 2.51. The lowest BCUT2D eigenvalue weighted by Crippen LogP contribution is -2.20. The molecule has 17 heavy (non-hydrogen) atoms. The van der Waals surface area contributed by atoms with E-state index in [0.29, 0.717) is 24.5 Å². The average molecular weight is 301 g/mol. The van der Waals surface area contributed by atoms with Crippen LogP contribution in [0.5, 0.6) is 5.75 Å². The summed E-state index contributed by atoms with van der Waals surface area (Å²) in [6.45, 7) is 1.28. The zero-order valence-corrected chi connectivity index (χ0v) is 10.7. The molecule has 5 nitrogen and oxygen atoms in total. The van der Waals surface area contributed by atoms with Crippen LogP contribution in [0.3, 0.4) is 0 Å². The van der Waals surface area contributed by atoms with Crippen molar-refractivity contribution in [2.24, 2.45) is 10.9 Å². The number of ether oxygens (including phenoxy) is 2. The first-order valence-corrected chi connectivity index (χ1v) is 6.02. The molecular weight excluding hydrogens is 288 g/mol. The highest BCUT2D eigenvalue weighted by atomic mass is 79.9. The van der Waals surface area contributed by atoms with Crippen LogP contribution in [0.4, 0.5) is 0 Å². The van der Waals surface area contributed by atoms with Crippen molar-refractivity contribution in [2.45, 2.75) is 12.5 Å². The van der Waals surface area contributed by atoms with E-state index in [9.17, 15) is 0 Å². The van der Waals surface area contributed by atoms with E-state index < -0.39 is 0 Å². The van der Waals surface area contributed by atoms with Gasteiger partial charge in [-0.15, -0.1) is 0 Å². The molecule has 1 heterocycles. The Hall–Kier alpha value is -1.27. The highest BCUT2D eigenvalue weighted by molar-refractivity contribution is 9.10. The van der Waals surface area contributed by atoms with Gasteiger partial charge in [-0.05, 0) is 18.2 Å². The van der Waals surface area contributed by atoms with Gasteiger partial charge in [0.25, 0.3) is 0 Å². The Kier molecular flexibility index (Phi) is 3.86. The molecule has 1 aromatic carbocycles. The molecule has 0 radical (unpaired) electrons. The molecule has 6 heteroatoms. The summed E-state index contributed by atoms with van der Waals surface area (Å²) < 4.78 is 11.8. The minimum absolute atomic E-state index is 0.0280. The second-order valence-electron chi connectivity index (χ2n) is 3.73. The molecule has 1 aliphatic rings. The van der Waals surface area contributed by atoms with Gasteiger partial charge < -0.3 is 20.4 Å². The summed E-state index contributed by atoms with van der Waals surface area (Å²) in [5, 5.41) is 11.7. The summed E-state index contributed by atoms with van der Waals surface area (Å²) in [4.78, 5) is 0. The lowest BCUT2D eigenvalue weighted by molar-refractivity contribution is 0.141. The van der Waals surface area contributed by atoms with Crippen LogP contribution in [-0.2, 0) is 4.74 Å². The van der Waals surface area contributed by atoms with Gasteiger partial charge in [-0.25, -0.2) is 0 Å². The highest BCUT2D eigenvalue weighted by Crippen LogP contribution is 2.25. The molecule has 2 rings (SSSR count). The van der Waals surface area contributed by atoms with Crippen molar-refractivity contribution < 1.29 is 14.7 Å². The molecule has 0 saturated carbocycles. The Morgan fingerprint density at radius 3 is 3.06 bits per heavy atom. The number of oxime groups is 1. The van der Waals surface area contributed by atoms with Crippen molar-refractivity contribution in [1.29, 1.82) is 0 Å². The third-order valence-corrected chi connectivity index (χ3v) is 3.00. The van der Waals surface area contributed by atoms with Gasteiger partial charge in [0.1, 0.15) is 11.9 Å². The average Bonchev–Trinajstić information content (AvgIpc) is 2.83. The first-order valence-electron chi connectivity index (χ1n) is 5.22. The Bertz CT molecular complexity index is 431. The van der Waals surface area contributed by atoms with E-state index in [2.05, 4.69) is 21.1 Å². The van der Waals surface area contributed by atoms with E-state index in [4.69, 9.17) is 20.4 Å². The molecule has 1 atom stereocenters. The first kappa shape index (κ1) is 12.2. The molecule has 0 amide bonds. The quantitative estimate of drug-likeness (QED) is 0.386. The minimum atomic E-state index is 0.0280. The minimum Gasteiger partial charge on any atom is -0.487 e. The fourth-order valence-electron chi connectivity index (χ4n) is 1.64. The van der Waals surface area contributed by atoms with Gasteiger partial charge in [-0.3, -0.25) is 0 Å². The van der Waals surface area contributed by atoms with Crippen molar-refractivity contribution in [1.82, 2.24) is 0 Å². The predicted octanol–water partition coefficient (Wildman–Crippen LogP) is 1.71. The van der Waals surface area contributed by atoms with Crippen LogP contribution in [0.2, 0.25) is 0 Å². The van der Waals surface area contributed by atoms with Crippen molar-refractivity contribution in [3.8, 4) is 5.75 Å². The molecule has 0 bridgehead atoms. The van der Waals surface area contributed by atoms with Crippen LogP contribution in [0, 0.1) is 0 Å². The maximum absolute atomic E-state index is 8.73. The van der Waals surface area contributed by atoms with Crippen LogP contribution in [-0.4, -0.2) is 30.4 Å². The van der Waals surface area contributed by atoms with Gasteiger partial charge in [0.05, 0.1) is 18.8 Å². The zero-order valence-electron chi connectivity index (χ0n) is 9.10. The van der Waals surface area contributed by atoms with Crippen LogP contribution >= 0.6 is 15.9 Å². The topological polar surface area (TPSA) is 77.1 Å². The molecule has 0 spiro atoms. The second-order valence-corrected chi connectivity index (χ2v) is 4.64. The number of benzene rings is 1. The molecule has 1 fully saturated rings. The van der Waals surface area contributed by atoms with Gasteiger partial charge >= 0.3 is 0 Å². The van der Waals surface area contributed by atoms with Gasteiger partial charge in [-0.2, -0.15) is 0 Å². The van der Waals surface area contributed by atoms with Crippen LogP contribution in [0.15, 0.2) is 27.8 Å². The molecular formula is C11H13BrN2O3. The van der Waals surface area contributed by atoms with E-state index in [0.717, 1.165) is 10.9 Å². The van der Waals surface area contributed by atoms with Crippen LogP contribution < -0.4 is 10.5 Å².